The molecule has 0 amide bonds. The van der Waals surface area contributed by atoms with Gasteiger partial charge in [-0.3, -0.25) is 0 Å². The number of hydrogen-bond acceptors (Lipinski definition) is 0. The van der Waals surface area contributed by atoms with Gasteiger partial charge in [-0.25, -0.2) is 0 Å². The lowest BCUT2D eigenvalue weighted by Gasteiger charge is -2.47. The molecule has 1 unspecified atom stereocenters. The third-order valence-electron chi connectivity index (χ3n) is 8.80. The van der Waals surface area contributed by atoms with Crippen LogP contribution in [0.3, 0.4) is 0 Å². The Morgan fingerprint density at radius 1 is 0.788 bits per heavy atom. The second-order valence-corrected chi connectivity index (χ2v) is 10.2. The summed E-state index contributed by atoms with van der Waals surface area (Å²) in [5, 5.41) is 0. The number of fused-ring (bicyclic) bond motifs is 3. The van der Waals surface area contributed by atoms with E-state index in [1.807, 2.05) is 0 Å². The number of rotatable bonds is 8. The van der Waals surface area contributed by atoms with Crippen molar-refractivity contribution in [1.82, 2.24) is 0 Å². The second kappa shape index (κ2) is 9.45. The van der Waals surface area contributed by atoms with Gasteiger partial charge in [0.25, 0.3) is 0 Å². The van der Waals surface area contributed by atoms with Crippen LogP contribution in [0.15, 0.2) is 60.8 Å². The number of unbranched alkanes of at least 4 members (excludes halogenated alkanes) is 2. The fourth-order valence-electron chi connectivity index (χ4n) is 6.56. The minimum atomic E-state index is 0.0976. The number of hydrogen-bond donors (Lipinski definition) is 0. The highest BCUT2D eigenvalue weighted by molar-refractivity contribution is 5.76. The van der Waals surface area contributed by atoms with Crippen LogP contribution in [-0.2, 0) is 17.4 Å². The van der Waals surface area contributed by atoms with E-state index in [0.29, 0.717) is 0 Å². The maximum atomic E-state index is 2.61. The molecule has 0 aliphatic carbocycles. The Kier molecular flexibility index (Phi) is 6.80. The average Bonchev–Trinajstić information content (AvgIpc) is 2.85. The molecule has 1 aliphatic heterocycles. The monoisotopic (exact) mass is 440 g/mol. The van der Waals surface area contributed by atoms with Crippen molar-refractivity contribution in [2.45, 2.75) is 97.4 Å². The average molecular weight is 441 g/mol. The topological polar surface area (TPSA) is 3.88 Å². The van der Waals surface area contributed by atoms with Gasteiger partial charge in [-0.05, 0) is 73.1 Å². The SMILES string of the molecule is CCCCCc1ccc(C)c(-c2ccc3c(c2)-c2cccc[n+]2C(CC)(CC)C3(C)CC)c1. The number of nitrogens with zero attached hydrogens (tertiary/aromatic N) is 1. The van der Waals surface area contributed by atoms with Crippen molar-refractivity contribution in [3.05, 3.63) is 77.5 Å². The maximum Gasteiger partial charge on any atom is 0.213 e. The summed E-state index contributed by atoms with van der Waals surface area (Å²) in [7, 11) is 0. The predicted octanol–water partition coefficient (Wildman–Crippen LogP) is 8.55. The predicted molar refractivity (Wildman–Crippen MR) is 142 cm³/mol. The number of benzene rings is 2. The molecule has 0 radical (unpaired) electrons. The molecule has 33 heavy (non-hydrogen) atoms. The van der Waals surface area contributed by atoms with Gasteiger partial charge >= 0.3 is 0 Å². The van der Waals surface area contributed by atoms with E-state index in [9.17, 15) is 0 Å². The summed E-state index contributed by atoms with van der Waals surface area (Å²) in [6.45, 7) is 14.1. The first-order valence-electron chi connectivity index (χ1n) is 13.2. The van der Waals surface area contributed by atoms with Gasteiger partial charge in [0.2, 0.25) is 5.69 Å². The molecule has 0 N–H and O–H groups in total. The van der Waals surface area contributed by atoms with Crippen LogP contribution >= 0.6 is 0 Å². The van der Waals surface area contributed by atoms with Crippen LogP contribution in [0.4, 0.5) is 0 Å². The van der Waals surface area contributed by atoms with E-state index in [4.69, 9.17) is 0 Å². The van der Waals surface area contributed by atoms with Crippen molar-refractivity contribution in [1.29, 1.82) is 0 Å². The molecule has 2 heterocycles. The van der Waals surface area contributed by atoms with Gasteiger partial charge in [-0.1, -0.05) is 70.9 Å². The lowest BCUT2D eigenvalue weighted by molar-refractivity contribution is -0.769. The van der Waals surface area contributed by atoms with E-state index in [0.717, 1.165) is 19.3 Å². The Morgan fingerprint density at radius 3 is 2.27 bits per heavy atom. The minimum absolute atomic E-state index is 0.0976. The quantitative estimate of drug-likeness (QED) is 0.244. The molecule has 0 fully saturated rings. The van der Waals surface area contributed by atoms with Crippen LogP contribution in [0.25, 0.3) is 22.4 Å². The molecule has 0 bridgehead atoms. The summed E-state index contributed by atoms with van der Waals surface area (Å²) in [6, 6.07) is 21.1. The molecule has 0 saturated heterocycles. The smallest absolute Gasteiger partial charge is 0.192 e. The van der Waals surface area contributed by atoms with E-state index in [-0.39, 0.29) is 11.0 Å². The molecule has 0 spiro atoms. The number of pyridine rings is 1. The molecular weight excluding hydrogens is 398 g/mol. The summed E-state index contributed by atoms with van der Waals surface area (Å²) in [6.07, 6.45) is 10.8. The summed E-state index contributed by atoms with van der Waals surface area (Å²) < 4.78 is 2.61. The third kappa shape index (κ3) is 3.74. The van der Waals surface area contributed by atoms with E-state index in [1.165, 1.54) is 64.8 Å². The normalized spacial score (nSPS) is 18.6. The van der Waals surface area contributed by atoms with Crippen LogP contribution in [0.1, 0.15) is 89.8 Å². The van der Waals surface area contributed by atoms with Crippen molar-refractivity contribution in [3.8, 4) is 22.4 Å². The molecule has 1 nitrogen and oxygen atoms in total. The molecule has 1 heteroatoms. The zero-order valence-electron chi connectivity index (χ0n) is 21.7. The highest BCUT2D eigenvalue weighted by Gasteiger charge is 2.58. The zero-order chi connectivity index (χ0) is 23.6. The largest absolute Gasteiger partial charge is 0.213 e. The summed E-state index contributed by atoms with van der Waals surface area (Å²) in [4.78, 5) is 0. The maximum absolute atomic E-state index is 2.61. The number of aromatic nitrogens is 1. The van der Waals surface area contributed by atoms with Gasteiger partial charge in [0.1, 0.15) is 0 Å². The Labute approximate surface area is 201 Å². The van der Waals surface area contributed by atoms with E-state index >= 15 is 0 Å². The molecule has 2 aromatic carbocycles. The van der Waals surface area contributed by atoms with E-state index < -0.39 is 0 Å². The molecule has 0 saturated carbocycles. The van der Waals surface area contributed by atoms with E-state index in [1.54, 1.807) is 0 Å². The highest BCUT2D eigenvalue weighted by Crippen LogP contribution is 2.51. The summed E-state index contributed by atoms with van der Waals surface area (Å²) in [5.41, 5.74) is 10.0. The van der Waals surface area contributed by atoms with Crippen molar-refractivity contribution in [3.63, 3.8) is 0 Å². The summed E-state index contributed by atoms with van der Waals surface area (Å²) >= 11 is 0. The van der Waals surface area contributed by atoms with Gasteiger partial charge in [-0.15, -0.1) is 0 Å². The van der Waals surface area contributed by atoms with Gasteiger partial charge in [0.15, 0.2) is 11.7 Å². The molecular formula is C32H42N+. The number of aryl methyl sites for hydroxylation is 2. The van der Waals surface area contributed by atoms with Crippen molar-refractivity contribution >= 4 is 0 Å². The fourth-order valence-corrected chi connectivity index (χ4v) is 6.56. The van der Waals surface area contributed by atoms with Crippen LogP contribution in [0.5, 0.6) is 0 Å². The van der Waals surface area contributed by atoms with Gasteiger partial charge in [0, 0.05) is 25.0 Å². The highest BCUT2D eigenvalue weighted by atomic mass is 15.1. The third-order valence-corrected chi connectivity index (χ3v) is 8.80. The van der Waals surface area contributed by atoms with Crippen molar-refractivity contribution in [2.24, 2.45) is 0 Å². The second-order valence-electron chi connectivity index (χ2n) is 10.2. The van der Waals surface area contributed by atoms with Gasteiger partial charge < -0.3 is 0 Å². The lowest BCUT2D eigenvalue weighted by atomic mass is 9.58. The first kappa shape index (κ1) is 23.7. The molecule has 1 atom stereocenters. The molecule has 4 rings (SSSR count). The molecule has 3 aromatic rings. The van der Waals surface area contributed by atoms with Crippen LogP contribution in [0, 0.1) is 6.92 Å². The first-order chi connectivity index (χ1) is 16.0. The molecule has 1 aromatic heterocycles. The van der Waals surface area contributed by atoms with Crippen molar-refractivity contribution < 1.29 is 4.57 Å². The van der Waals surface area contributed by atoms with Crippen LogP contribution in [-0.4, -0.2) is 0 Å². The van der Waals surface area contributed by atoms with Gasteiger partial charge in [-0.2, -0.15) is 4.57 Å². The molecule has 174 valence electrons. The van der Waals surface area contributed by atoms with E-state index in [2.05, 4.69) is 107 Å². The molecule has 1 aliphatic rings. The first-order valence-corrected chi connectivity index (χ1v) is 13.2. The van der Waals surface area contributed by atoms with Crippen LogP contribution in [0.2, 0.25) is 0 Å². The Bertz CT molecular complexity index is 1120. The van der Waals surface area contributed by atoms with Gasteiger partial charge in [0.05, 0.1) is 11.0 Å². The Balaban J connectivity index is 1.89. The Hall–Kier alpha value is -2.41. The fraction of sp³-hybridized carbons (Fsp3) is 0.469. The Morgan fingerprint density at radius 2 is 1.58 bits per heavy atom. The lowest BCUT2D eigenvalue weighted by Crippen LogP contribution is -2.68. The summed E-state index contributed by atoms with van der Waals surface area (Å²) in [5.74, 6) is 0. The standard InChI is InChI=1S/C32H42N/c1-7-11-12-15-25-18-17-24(5)27(22-25)26-19-20-29-28(23-26)30-16-13-14-21-33(30)32(9-3,10-4)31(29,6)8-2/h13-14,16-23H,7-12,15H2,1-6H3/q+1. The zero-order valence-corrected chi connectivity index (χ0v) is 21.7. The van der Waals surface area contributed by atoms with Crippen molar-refractivity contribution in [2.75, 3.05) is 0 Å². The van der Waals surface area contributed by atoms with Crippen LogP contribution < -0.4 is 4.57 Å². The minimum Gasteiger partial charge on any atom is -0.192 e.